The molecule has 1 fully saturated rings. The van der Waals surface area contributed by atoms with Crippen LogP contribution < -0.4 is 19.7 Å². The molecule has 2 amide bonds. The van der Waals surface area contributed by atoms with Crippen molar-refractivity contribution in [1.29, 1.82) is 0 Å². The third-order valence-corrected chi connectivity index (χ3v) is 5.21. The number of thiocarbonyl (C=S) groups is 1. The van der Waals surface area contributed by atoms with E-state index in [1.54, 1.807) is 54.6 Å². The van der Waals surface area contributed by atoms with Crippen LogP contribution in [0, 0.1) is 0 Å². The number of nitrogens with one attached hydrogen (secondary N) is 1. The molecule has 0 saturated carbocycles. The number of anilines is 1. The van der Waals surface area contributed by atoms with Gasteiger partial charge in [-0.1, -0.05) is 48.5 Å². The second-order valence-corrected chi connectivity index (χ2v) is 7.62. The zero-order valence-corrected chi connectivity index (χ0v) is 18.8. The summed E-state index contributed by atoms with van der Waals surface area (Å²) in [5.41, 5.74) is 2.27. The standard InChI is InChI=1S/C26H22N2O4S/c1-2-31-22-10-6-9-20(16-22)28-25(30)23(24(29)27-26(28)33)15-18-11-13-21(14-12-18)32-17-19-7-4-3-5-8-19/h3-16H,2,17H2,1H3,(H,27,29,33)/b23-15+. The molecule has 1 saturated heterocycles. The molecule has 0 atom stereocenters. The molecule has 7 heteroatoms. The molecule has 33 heavy (non-hydrogen) atoms. The van der Waals surface area contributed by atoms with Crippen molar-refractivity contribution in [2.45, 2.75) is 13.5 Å². The van der Waals surface area contributed by atoms with E-state index in [4.69, 9.17) is 21.7 Å². The Hall–Kier alpha value is -3.97. The smallest absolute Gasteiger partial charge is 0.270 e. The minimum Gasteiger partial charge on any atom is -0.494 e. The van der Waals surface area contributed by atoms with Crippen LogP contribution in [-0.2, 0) is 16.2 Å². The first kappa shape index (κ1) is 22.2. The van der Waals surface area contributed by atoms with Crippen LogP contribution in [0.4, 0.5) is 5.69 Å². The second kappa shape index (κ2) is 10.1. The average Bonchev–Trinajstić information content (AvgIpc) is 2.82. The summed E-state index contributed by atoms with van der Waals surface area (Å²) in [4.78, 5) is 27.0. The van der Waals surface area contributed by atoms with Crippen LogP contribution >= 0.6 is 12.2 Å². The number of ether oxygens (including phenoxy) is 2. The monoisotopic (exact) mass is 458 g/mol. The minimum atomic E-state index is -0.536. The summed E-state index contributed by atoms with van der Waals surface area (Å²) in [6, 6.07) is 24.1. The lowest BCUT2D eigenvalue weighted by Crippen LogP contribution is -2.54. The van der Waals surface area contributed by atoms with Crippen LogP contribution in [0.1, 0.15) is 18.1 Å². The van der Waals surface area contributed by atoms with Crippen molar-refractivity contribution in [2.24, 2.45) is 0 Å². The van der Waals surface area contributed by atoms with Gasteiger partial charge < -0.3 is 9.47 Å². The van der Waals surface area contributed by atoms with Crippen molar-refractivity contribution < 1.29 is 19.1 Å². The maximum Gasteiger partial charge on any atom is 0.270 e. The lowest BCUT2D eigenvalue weighted by Gasteiger charge is -2.29. The van der Waals surface area contributed by atoms with Gasteiger partial charge in [0.1, 0.15) is 23.7 Å². The molecule has 0 aliphatic carbocycles. The van der Waals surface area contributed by atoms with Crippen LogP contribution in [-0.4, -0.2) is 23.5 Å². The Balaban J connectivity index is 1.53. The summed E-state index contributed by atoms with van der Waals surface area (Å²) < 4.78 is 11.3. The van der Waals surface area contributed by atoms with Gasteiger partial charge in [-0.15, -0.1) is 0 Å². The van der Waals surface area contributed by atoms with E-state index in [1.165, 1.54) is 4.90 Å². The molecular weight excluding hydrogens is 436 g/mol. The first-order valence-electron chi connectivity index (χ1n) is 10.5. The van der Waals surface area contributed by atoms with Gasteiger partial charge in [0, 0.05) is 6.07 Å². The van der Waals surface area contributed by atoms with E-state index in [1.807, 2.05) is 37.3 Å². The van der Waals surface area contributed by atoms with Crippen molar-refractivity contribution in [3.63, 3.8) is 0 Å². The van der Waals surface area contributed by atoms with Crippen LogP contribution in [0.15, 0.2) is 84.4 Å². The van der Waals surface area contributed by atoms with Crippen molar-refractivity contribution in [1.82, 2.24) is 5.32 Å². The van der Waals surface area contributed by atoms with Gasteiger partial charge in [0.25, 0.3) is 11.8 Å². The molecule has 1 N–H and O–H groups in total. The molecule has 3 aromatic carbocycles. The molecule has 0 aromatic heterocycles. The highest BCUT2D eigenvalue weighted by molar-refractivity contribution is 7.80. The van der Waals surface area contributed by atoms with E-state index < -0.39 is 11.8 Å². The molecule has 0 bridgehead atoms. The molecule has 0 unspecified atom stereocenters. The van der Waals surface area contributed by atoms with E-state index in [0.29, 0.717) is 36.0 Å². The summed E-state index contributed by atoms with van der Waals surface area (Å²) in [6.07, 6.45) is 1.54. The van der Waals surface area contributed by atoms with E-state index in [2.05, 4.69) is 5.32 Å². The minimum absolute atomic E-state index is 0.0108. The van der Waals surface area contributed by atoms with Crippen molar-refractivity contribution >= 4 is 40.9 Å². The van der Waals surface area contributed by atoms with Crippen molar-refractivity contribution in [2.75, 3.05) is 11.5 Å². The van der Waals surface area contributed by atoms with Gasteiger partial charge in [-0.05, 0) is 60.6 Å². The summed E-state index contributed by atoms with van der Waals surface area (Å²) in [5.74, 6) is 0.267. The summed E-state index contributed by atoms with van der Waals surface area (Å²) >= 11 is 5.26. The molecule has 4 rings (SSSR count). The topological polar surface area (TPSA) is 67.9 Å². The van der Waals surface area contributed by atoms with Crippen molar-refractivity contribution in [3.05, 3.63) is 95.6 Å². The molecule has 0 spiro atoms. The van der Waals surface area contributed by atoms with Crippen LogP contribution in [0.5, 0.6) is 11.5 Å². The lowest BCUT2D eigenvalue weighted by atomic mass is 10.1. The highest BCUT2D eigenvalue weighted by Crippen LogP contribution is 2.26. The van der Waals surface area contributed by atoms with Gasteiger partial charge in [-0.25, -0.2) is 0 Å². The number of nitrogens with zero attached hydrogens (tertiary/aromatic N) is 1. The Labute approximate surface area is 197 Å². The van der Waals surface area contributed by atoms with Gasteiger partial charge >= 0.3 is 0 Å². The molecule has 166 valence electrons. The number of hydrogen-bond acceptors (Lipinski definition) is 5. The first-order valence-corrected chi connectivity index (χ1v) is 10.9. The Morgan fingerprint density at radius 3 is 2.39 bits per heavy atom. The molecule has 1 aliphatic rings. The number of hydrogen-bond donors (Lipinski definition) is 1. The number of benzene rings is 3. The highest BCUT2D eigenvalue weighted by atomic mass is 32.1. The van der Waals surface area contributed by atoms with Crippen LogP contribution in [0.3, 0.4) is 0 Å². The van der Waals surface area contributed by atoms with E-state index in [9.17, 15) is 9.59 Å². The Kier molecular flexibility index (Phi) is 6.80. The van der Waals surface area contributed by atoms with E-state index in [-0.39, 0.29) is 10.7 Å². The van der Waals surface area contributed by atoms with Gasteiger partial charge in [0.2, 0.25) is 0 Å². The highest BCUT2D eigenvalue weighted by Gasteiger charge is 2.34. The Morgan fingerprint density at radius 2 is 1.67 bits per heavy atom. The second-order valence-electron chi connectivity index (χ2n) is 7.23. The number of amides is 2. The average molecular weight is 459 g/mol. The molecule has 0 radical (unpaired) electrons. The van der Waals surface area contributed by atoms with Gasteiger partial charge in [-0.3, -0.25) is 19.8 Å². The van der Waals surface area contributed by atoms with Crippen molar-refractivity contribution in [3.8, 4) is 11.5 Å². The maximum absolute atomic E-state index is 13.2. The van der Waals surface area contributed by atoms with Gasteiger partial charge in [-0.2, -0.15) is 0 Å². The Morgan fingerprint density at radius 1 is 0.909 bits per heavy atom. The first-order chi connectivity index (χ1) is 16.0. The zero-order valence-electron chi connectivity index (χ0n) is 18.0. The molecule has 1 heterocycles. The maximum atomic E-state index is 13.2. The molecule has 6 nitrogen and oxygen atoms in total. The normalized spacial score (nSPS) is 14.9. The summed E-state index contributed by atoms with van der Waals surface area (Å²) in [7, 11) is 0. The lowest BCUT2D eigenvalue weighted by molar-refractivity contribution is -0.122. The van der Waals surface area contributed by atoms with Crippen LogP contribution in [0.25, 0.3) is 6.08 Å². The van der Waals surface area contributed by atoms with Crippen LogP contribution in [0.2, 0.25) is 0 Å². The molecule has 1 aliphatic heterocycles. The van der Waals surface area contributed by atoms with Gasteiger partial charge in [0.15, 0.2) is 5.11 Å². The van der Waals surface area contributed by atoms with Gasteiger partial charge in [0.05, 0.1) is 12.3 Å². The summed E-state index contributed by atoms with van der Waals surface area (Å²) in [5, 5.41) is 2.62. The predicted octanol–water partition coefficient (Wildman–Crippen LogP) is 4.50. The molecular formula is C26H22N2O4S. The fourth-order valence-electron chi connectivity index (χ4n) is 3.34. The Bertz CT molecular complexity index is 1210. The predicted molar refractivity (Wildman–Crippen MR) is 131 cm³/mol. The number of rotatable bonds is 7. The zero-order chi connectivity index (χ0) is 23.2. The van der Waals surface area contributed by atoms with E-state index >= 15 is 0 Å². The fraction of sp³-hybridized carbons (Fsp3) is 0.115. The fourth-order valence-corrected chi connectivity index (χ4v) is 3.62. The largest absolute Gasteiger partial charge is 0.494 e. The SMILES string of the molecule is CCOc1cccc(N2C(=O)/C(=C/c3ccc(OCc4ccccc4)cc3)C(=O)NC2=S)c1. The number of carbonyl (C=O) groups is 2. The number of carbonyl (C=O) groups excluding carboxylic acids is 2. The molecule has 3 aromatic rings. The van der Waals surface area contributed by atoms with E-state index in [0.717, 1.165) is 5.56 Å². The quantitative estimate of drug-likeness (QED) is 0.321. The third-order valence-electron chi connectivity index (χ3n) is 4.93. The summed E-state index contributed by atoms with van der Waals surface area (Å²) in [6.45, 7) is 2.83. The third kappa shape index (κ3) is 5.27.